The Morgan fingerprint density at radius 1 is 1.39 bits per heavy atom. The summed E-state index contributed by atoms with van der Waals surface area (Å²) < 4.78 is 27.0. The van der Waals surface area contributed by atoms with Crippen LogP contribution in [0, 0.1) is 11.6 Å². The van der Waals surface area contributed by atoms with E-state index in [9.17, 15) is 8.78 Å². The van der Waals surface area contributed by atoms with Gasteiger partial charge in [-0.25, -0.2) is 8.78 Å². The van der Waals surface area contributed by atoms with E-state index in [1.165, 1.54) is 12.1 Å². The number of hydrogen-bond acceptors (Lipinski definition) is 2. The highest BCUT2D eigenvalue weighted by atomic mass is 19.1. The molecule has 0 bridgehead atoms. The highest BCUT2D eigenvalue weighted by Gasteiger charge is 2.24. The maximum Gasteiger partial charge on any atom is 0.128 e. The van der Waals surface area contributed by atoms with Gasteiger partial charge in [0.05, 0.1) is 0 Å². The van der Waals surface area contributed by atoms with Crippen molar-refractivity contribution >= 4 is 0 Å². The van der Waals surface area contributed by atoms with E-state index in [4.69, 9.17) is 0 Å². The molecule has 1 N–H and O–H groups in total. The predicted molar refractivity (Wildman–Crippen MR) is 68.4 cm³/mol. The van der Waals surface area contributed by atoms with Crippen LogP contribution in [-0.2, 0) is 0 Å². The molecule has 0 saturated carbocycles. The maximum absolute atomic E-state index is 13.7. The lowest BCUT2D eigenvalue weighted by molar-refractivity contribution is 0.153. The Morgan fingerprint density at radius 2 is 2.17 bits per heavy atom. The SMILES string of the molecule is CC(c1cc(F)ccc1F)N(C)C1CCCNC1. The zero-order chi connectivity index (χ0) is 13.1. The molecule has 2 rings (SSSR count). The van der Waals surface area contributed by atoms with Gasteiger partial charge in [-0.15, -0.1) is 0 Å². The van der Waals surface area contributed by atoms with Crippen LogP contribution >= 0.6 is 0 Å². The molecule has 100 valence electrons. The zero-order valence-electron chi connectivity index (χ0n) is 10.9. The summed E-state index contributed by atoms with van der Waals surface area (Å²) in [5.41, 5.74) is 0.433. The molecule has 2 unspecified atom stereocenters. The van der Waals surface area contributed by atoms with Crippen molar-refractivity contribution in [1.29, 1.82) is 0 Å². The van der Waals surface area contributed by atoms with Gasteiger partial charge in [0.15, 0.2) is 0 Å². The van der Waals surface area contributed by atoms with Crippen molar-refractivity contribution in [3.63, 3.8) is 0 Å². The van der Waals surface area contributed by atoms with E-state index in [-0.39, 0.29) is 17.7 Å². The summed E-state index contributed by atoms with van der Waals surface area (Å²) >= 11 is 0. The Morgan fingerprint density at radius 3 is 2.83 bits per heavy atom. The molecule has 2 nitrogen and oxygen atoms in total. The third-order valence-corrected chi connectivity index (χ3v) is 3.87. The highest BCUT2D eigenvalue weighted by Crippen LogP contribution is 2.26. The van der Waals surface area contributed by atoms with E-state index in [2.05, 4.69) is 10.2 Å². The molecule has 0 spiro atoms. The van der Waals surface area contributed by atoms with Crippen LogP contribution in [-0.4, -0.2) is 31.1 Å². The van der Waals surface area contributed by atoms with Gasteiger partial charge < -0.3 is 5.32 Å². The van der Waals surface area contributed by atoms with E-state index < -0.39 is 0 Å². The second-order valence-electron chi connectivity index (χ2n) is 5.01. The summed E-state index contributed by atoms with van der Waals surface area (Å²) in [7, 11) is 1.98. The molecular formula is C14H20F2N2. The monoisotopic (exact) mass is 254 g/mol. The van der Waals surface area contributed by atoms with Crippen LogP contribution in [0.15, 0.2) is 18.2 Å². The molecule has 0 amide bonds. The number of halogens is 2. The molecule has 1 fully saturated rings. The Labute approximate surface area is 107 Å². The van der Waals surface area contributed by atoms with Crippen LogP contribution in [0.2, 0.25) is 0 Å². The minimum absolute atomic E-state index is 0.120. The van der Waals surface area contributed by atoms with Crippen molar-refractivity contribution in [1.82, 2.24) is 10.2 Å². The minimum atomic E-state index is -0.381. The summed E-state index contributed by atoms with van der Waals surface area (Å²) in [5, 5.41) is 3.34. The van der Waals surface area contributed by atoms with Crippen molar-refractivity contribution < 1.29 is 8.78 Å². The Kier molecular flexibility index (Phi) is 4.30. The number of hydrogen-bond donors (Lipinski definition) is 1. The van der Waals surface area contributed by atoms with Crippen molar-refractivity contribution in [2.45, 2.75) is 31.8 Å². The second kappa shape index (κ2) is 5.76. The number of benzene rings is 1. The van der Waals surface area contributed by atoms with E-state index in [1.807, 2.05) is 14.0 Å². The predicted octanol–water partition coefficient (Wildman–Crippen LogP) is 2.71. The van der Waals surface area contributed by atoms with Crippen LogP contribution in [0.3, 0.4) is 0 Å². The van der Waals surface area contributed by atoms with Crippen LogP contribution in [0.1, 0.15) is 31.4 Å². The van der Waals surface area contributed by atoms with Gasteiger partial charge in [-0.2, -0.15) is 0 Å². The molecule has 1 aromatic carbocycles. The molecule has 1 aliphatic heterocycles. The molecule has 1 aliphatic rings. The van der Waals surface area contributed by atoms with Crippen molar-refractivity contribution in [3.8, 4) is 0 Å². The van der Waals surface area contributed by atoms with Crippen LogP contribution < -0.4 is 5.32 Å². The third kappa shape index (κ3) is 2.87. The van der Waals surface area contributed by atoms with Gasteiger partial charge in [-0.3, -0.25) is 4.90 Å². The average Bonchev–Trinajstić information content (AvgIpc) is 2.41. The topological polar surface area (TPSA) is 15.3 Å². The van der Waals surface area contributed by atoms with Crippen LogP contribution in [0.5, 0.6) is 0 Å². The first kappa shape index (κ1) is 13.4. The van der Waals surface area contributed by atoms with E-state index >= 15 is 0 Å². The van der Waals surface area contributed by atoms with Gasteiger partial charge in [0, 0.05) is 24.2 Å². The highest BCUT2D eigenvalue weighted by molar-refractivity contribution is 5.22. The Bertz CT molecular complexity index is 403. The number of piperidine rings is 1. The molecule has 1 heterocycles. The normalized spacial score (nSPS) is 22.2. The van der Waals surface area contributed by atoms with Crippen molar-refractivity contribution in [2.75, 3.05) is 20.1 Å². The van der Waals surface area contributed by atoms with E-state index in [0.717, 1.165) is 32.0 Å². The molecule has 4 heteroatoms. The number of nitrogens with one attached hydrogen (secondary N) is 1. The maximum atomic E-state index is 13.7. The van der Waals surface area contributed by atoms with Gasteiger partial charge in [-0.05, 0) is 51.6 Å². The molecular weight excluding hydrogens is 234 g/mol. The largest absolute Gasteiger partial charge is 0.315 e. The lowest BCUT2D eigenvalue weighted by Gasteiger charge is -2.36. The molecule has 18 heavy (non-hydrogen) atoms. The zero-order valence-corrected chi connectivity index (χ0v) is 10.9. The lowest BCUT2D eigenvalue weighted by Crippen LogP contribution is -2.45. The van der Waals surface area contributed by atoms with Crippen LogP contribution in [0.4, 0.5) is 8.78 Å². The summed E-state index contributed by atoms with van der Waals surface area (Å²) in [6, 6.07) is 3.93. The number of likely N-dealkylation sites (N-methyl/N-ethyl adjacent to an activating group) is 1. The van der Waals surface area contributed by atoms with Crippen molar-refractivity contribution in [2.24, 2.45) is 0 Å². The van der Waals surface area contributed by atoms with E-state index in [0.29, 0.717) is 11.6 Å². The van der Waals surface area contributed by atoms with Gasteiger partial charge in [0.2, 0.25) is 0 Å². The first-order chi connectivity index (χ1) is 8.59. The Balaban J connectivity index is 2.13. The quantitative estimate of drug-likeness (QED) is 0.892. The molecule has 1 aromatic rings. The Hall–Kier alpha value is -1.00. The minimum Gasteiger partial charge on any atom is -0.315 e. The molecule has 1 saturated heterocycles. The van der Waals surface area contributed by atoms with Crippen LogP contribution in [0.25, 0.3) is 0 Å². The summed E-state index contributed by atoms with van der Waals surface area (Å²) in [6.45, 7) is 3.89. The lowest BCUT2D eigenvalue weighted by atomic mass is 10.0. The molecule has 0 aliphatic carbocycles. The van der Waals surface area contributed by atoms with Gasteiger partial charge >= 0.3 is 0 Å². The average molecular weight is 254 g/mol. The number of rotatable bonds is 3. The second-order valence-corrected chi connectivity index (χ2v) is 5.01. The smallest absolute Gasteiger partial charge is 0.128 e. The van der Waals surface area contributed by atoms with Gasteiger partial charge in [0.25, 0.3) is 0 Å². The van der Waals surface area contributed by atoms with E-state index in [1.54, 1.807) is 0 Å². The fourth-order valence-corrected chi connectivity index (χ4v) is 2.55. The number of nitrogens with zero attached hydrogens (tertiary/aromatic N) is 1. The summed E-state index contributed by atoms with van der Waals surface area (Å²) in [5.74, 6) is -0.715. The van der Waals surface area contributed by atoms with Crippen molar-refractivity contribution in [3.05, 3.63) is 35.4 Å². The fourth-order valence-electron chi connectivity index (χ4n) is 2.55. The van der Waals surface area contributed by atoms with Gasteiger partial charge in [0.1, 0.15) is 11.6 Å². The summed E-state index contributed by atoms with van der Waals surface area (Å²) in [6.07, 6.45) is 2.23. The molecule has 0 radical (unpaired) electrons. The third-order valence-electron chi connectivity index (χ3n) is 3.87. The first-order valence-corrected chi connectivity index (χ1v) is 6.47. The molecule has 2 atom stereocenters. The molecule has 0 aromatic heterocycles. The fraction of sp³-hybridized carbons (Fsp3) is 0.571. The first-order valence-electron chi connectivity index (χ1n) is 6.47. The van der Waals surface area contributed by atoms with Gasteiger partial charge in [-0.1, -0.05) is 0 Å². The summed E-state index contributed by atoms with van der Waals surface area (Å²) in [4.78, 5) is 2.13. The standard InChI is InChI=1S/C14H20F2N2/c1-10(13-8-11(15)5-6-14(13)16)18(2)12-4-3-7-17-9-12/h5-6,8,10,12,17H,3-4,7,9H2,1-2H3.